The molecule has 5 heteroatoms. The zero-order chi connectivity index (χ0) is 14.7. The quantitative estimate of drug-likeness (QED) is 0.855. The number of nitrogens with zero attached hydrogens (tertiary/aromatic N) is 3. The third-order valence-corrected chi connectivity index (χ3v) is 4.83. The maximum Gasteiger partial charge on any atom is 0.0855 e. The minimum Gasteiger partial charge on any atom is -0.374 e. The monoisotopic (exact) mass is 292 g/mol. The number of hydrogen-bond donors (Lipinski definition) is 1. The third kappa shape index (κ3) is 3.65. The zero-order valence-electron chi connectivity index (χ0n) is 13.3. The predicted molar refractivity (Wildman–Crippen MR) is 83.3 cm³/mol. The van der Waals surface area contributed by atoms with Crippen molar-refractivity contribution < 1.29 is 4.74 Å². The first-order valence-electron chi connectivity index (χ1n) is 8.33. The summed E-state index contributed by atoms with van der Waals surface area (Å²) in [6.45, 7) is 6.44. The van der Waals surface area contributed by atoms with Crippen molar-refractivity contribution in [2.45, 2.75) is 50.8 Å². The lowest BCUT2D eigenvalue weighted by Crippen LogP contribution is -2.54. The summed E-state index contributed by atoms with van der Waals surface area (Å²) in [7, 11) is 1.98. The number of aryl methyl sites for hydroxylation is 2. The summed E-state index contributed by atoms with van der Waals surface area (Å²) in [6.07, 6.45) is 9.24. The molecule has 1 aromatic heterocycles. The molecule has 5 nitrogen and oxygen atoms in total. The smallest absolute Gasteiger partial charge is 0.0855 e. The second-order valence-corrected chi connectivity index (χ2v) is 6.39. The molecule has 1 N–H and O–H groups in total. The summed E-state index contributed by atoms with van der Waals surface area (Å²) in [5.74, 6) is 0. The van der Waals surface area contributed by atoms with Crippen molar-refractivity contribution in [2.75, 3.05) is 26.2 Å². The number of ether oxygens (including phenoxy) is 1. The summed E-state index contributed by atoms with van der Waals surface area (Å²) >= 11 is 0. The molecule has 0 bridgehead atoms. The molecule has 0 amide bonds. The van der Waals surface area contributed by atoms with E-state index in [0.29, 0.717) is 18.2 Å². The van der Waals surface area contributed by atoms with Gasteiger partial charge in [0.25, 0.3) is 0 Å². The predicted octanol–water partition coefficient (Wildman–Crippen LogP) is 1.19. The first-order valence-corrected chi connectivity index (χ1v) is 8.33. The Morgan fingerprint density at radius 1 is 1.52 bits per heavy atom. The van der Waals surface area contributed by atoms with Crippen LogP contribution in [0.4, 0.5) is 0 Å². The largest absolute Gasteiger partial charge is 0.374 e. The van der Waals surface area contributed by atoms with Gasteiger partial charge in [-0.2, -0.15) is 5.10 Å². The topological polar surface area (TPSA) is 42.3 Å². The van der Waals surface area contributed by atoms with Crippen molar-refractivity contribution in [1.82, 2.24) is 20.0 Å². The van der Waals surface area contributed by atoms with Gasteiger partial charge in [-0.15, -0.1) is 0 Å². The molecule has 3 rings (SSSR count). The number of rotatable bonds is 6. The first-order chi connectivity index (χ1) is 10.3. The standard InChI is InChI=1S/C16H28N4O/c1-3-17-15(7-6-13-9-18-19(2)10-13)16-11-20-8-4-5-14(20)12-21-16/h9-10,14-17H,3-8,11-12H2,1-2H3. The second-order valence-electron chi connectivity index (χ2n) is 6.39. The fraction of sp³-hybridized carbons (Fsp3) is 0.812. The normalized spacial score (nSPS) is 27.7. The molecule has 2 fully saturated rings. The van der Waals surface area contributed by atoms with Gasteiger partial charge in [0.15, 0.2) is 0 Å². The number of hydrogen-bond acceptors (Lipinski definition) is 4. The van der Waals surface area contributed by atoms with Crippen LogP contribution in [-0.2, 0) is 18.2 Å². The Kier molecular flexibility index (Phi) is 4.93. The maximum absolute atomic E-state index is 6.18. The Morgan fingerprint density at radius 3 is 3.19 bits per heavy atom. The van der Waals surface area contributed by atoms with Crippen molar-refractivity contribution in [3.63, 3.8) is 0 Å². The lowest BCUT2D eigenvalue weighted by molar-refractivity contribution is -0.0653. The summed E-state index contributed by atoms with van der Waals surface area (Å²) < 4.78 is 8.05. The van der Waals surface area contributed by atoms with E-state index in [9.17, 15) is 0 Å². The Morgan fingerprint density at radius 2 is 2.43 bits per heavy atom. The van der Waals surface area contributed by atoms with E-state index in [1.807, 2.05) is 17.9 Å². The lowest BCUT2D eigenvalue weighted by Gasteiger charge is -2.39. The van der Waals surface area contributed by atoms with Crippen molar-refractivity contribution in [3.05, 3.63) is 18.0 Å². The van der Waals surface area contributed by atoms with E-state index in [2.05, 4.69) is 28.4 Å². The molecule has 0 aliphatic carbocycles. The van der Waals surface area contributed by atoms with Crippen molar-refractivity contribution >= 4 is 0 Å². The summed E-state index contributed by atoms with van der Waals surface area (Å²) in [5.41, 5.74) is 1.32. The van der Waals surface area contributed by atoms with E-state index >= 15 is 0 Å². The average molecular weight is 292 g/mol. The maximum atomic E-state index is 6.18. The minimum absolute atomic E-state index is 0.330. The van der Waals surface area contributed by atoms with Gasteiger partial charge in [-0.1, -0.05) is 6.92 Å². The highest BCUT2D eigenvalue weighted by molar-refractivity contribution is 5.04. The van der Waals surface area contributed by atoms with Crippen molar-refractivity contribution in [1.29, 1.82) is 0 Å². The van der Waals surface area contributed by atoms with Crippen LogP contribution >= 0.6 is 0 Å². The summed E-state index contributed by atoms with van der Waals surface area (Å²) in [5, 5.41) is 7.88. The molecule has 2 saturated heterocycles. The molecule has 3 atom stereocenters. The van der Waals surface area contributed by atoms with E-state index < -0.39 is 0 Å². The van der Waals surface area contributed by atoms with E-state index in [1.54, 1.807) is 0 Å². The van der Waals surface area contributed by atoms with Crippen molar-refractivity contribution in [3.8, 4) is 0 Å². The van der Waals surface area contributed by atoms with E-state index in [1.165, 1.54) is 24.9 Å². The Bertz CT molecular complexity index is 447. The van der Waals surface area contributed by atoms with Crippen molar-refractivity contribution in [2.24, 2.45) is 7.05 Å². The number of fused-ring (bicyclic) bond motifs is 1. The highest BCUT2D eigenvalue weighted by Crippen LogP contribution is 2.24. The van der Waals surface area contributed by atoms with Crippen LogP contribution < -0.4 is 5.32 Å². The van der Waals surface area contributed by atoms with Crippen LogP contribution in [0.3, 0.4) is 0 Å². The average Bonchev–Trinajstić information content (AvgIpc) is 3.11. The van der Waals surface area contributed by atoms with Gasteiger partial charge in [0.1, 0.15) is 0 Å². The number of morpholine rings is 1. The summed E-state index contributed by atoms with van der Waals surface area (Å²) in [6, 6.07) is 1.12. The molecular formula is C16H28N4O. The van der Waals surface area contributed by atoms with Crippen LogP contribution in [0, 0.1) is 0 Å². The molecule has 3 unspecified atom stereocenters. The molecular weight excluding hydrogens is 264 g/mol. The van der Waals surface area contributed by atoms with E-state index in [-0.39, 0.29) is 0 Å². The Balaban J connectivity index is 1.55. The van der Waals surface area contributed by atoms with Crippen LogP contribution in [0.15, 0.2) is 12.4 Å². The molecule has 0 radical (unpaired) electrons. The fourth-order valence-corrected chi connectivity index (χ4v) is 3.69. The van der Waals surface area contributed by atoms with Gasteiger partial charge in [-0.25, -0.2) is 0 Å². The van der Waals surface area contributed by atoms with Gasteiger partial charge >= 0.3 is 0 Å². The molecule has 0 saturated carbocycles. The molecule has 0 spiro atoms. The van der Waals surface area contributed by atoms with Crippen LogP contribution in [0.5, 0.6) is 0 Å². The highest BCUT2D eigenvalue weighted by atomic mass is 16.5. The zero-order valence-corrected chi connectivity index (χ0v) is 13.3. The molecule has 2 aliphatic rings. The molecule has 3 heterocycles. The van der Waals surface area contributed by atoms with Crippen LogP contribution in [0.1, 0.15) is 31.7 Å². The van der Waals surface area contributed by atoms with Crippen LogP contribution in [0.2, 0.25) is 0 Å². The van der Waals surface area contributed by atoms with Crippen LogP contribution in [-0.4, -0.2) is 59.1 Å². The molecule has 2 aliphatic heterocycles. The number of likely N-dealkylation sites (N-methyl/N-ethyl adjacent to an activating group) is 1. The number of aromatic nitrogens is 2. The highest BCUT2D eigenvalue weighted by Gasteiger charge is 2.35. The Hall–Kier alpha value is -0.910. The molecule has 1 aromatic rings. The lowest BCUT2D eigenvalue weighted by atomic mass is 10.0. The second kappa shape index (κ2) is 6.90. The number of nitrogens with one attached hydrogen (secondary N) is 1. The SMILES string of the molecule is CCNC(CCc1cnn(C)c1)C1CN2CCCC2CO1. The van der Waals surface area contributed by atoms with E-state index in [0.717, 1.165) is 32.5 Å². The molecule has 21 heavy (non-hydrogen) atoms. The van der Waals surface area contributed by atoms with Gasteiger partial charge in [-0.05, 0) is 44.3 Å². The first kappa shape index (κ1) is 15.0. The fourth-order valence-electron chi connectivity index (χ4n) is 3.69. The van der Waals surface area contributed by atoms with Gasteiger partial charge in [0.05, 0.1) is 18.9 Å². The van der Waals surface area contributed by atoms with Crippen LogP contribution in [0.25, 0.3) is 0 Å². The summed E-state index contributed by atoms with van der Waals surface area (Å²) in [4.78, 5) is 2.63. The third-order valence-electron chi connectivity index (χ3n) is 4.83. The van der Waals surface area contributed by atoms with E-state index in [4.69, 9.17) is 4.74 Å². The minimum atomic E-state index is 0.330. The van der Waals surface area contributed by atoms with Gasteiger partial charge in [0, 0.05) is 31.9 Å². The molecule has 118 valence electrons. The van der Waals surface area contributed by atoms with Gasteiger partial charge < -0.3 is 10.1 Å². The van der Waals surface area contributed by atoms with Gasteiger partial charge in [0.2, 0.25) is 0 Å². The van der Waals surface area contributed by atoms with Gasteiger partial charge in [-0.3, -0.25) is 9.58 Å². The Labute approximate surface area is 127 Å². The molecule has 0 aromatic carbocycles.